The molecule has 9 heteroatoms. The van der Waals surface area contributed by atoms with E-state index in [2.05, 4.69) is 5.10 Å². The molecule has 0 saturated carbocycles. The number of carbonyl (C=O) groups excluding carboxylic acids is 1. The van der Waals surface area contributed by atoms with Crippen LogP contribution in [0.3, 0.4) is 0 Å². The minimum absolute atomic E-state index is 0.0178. The fourth-order valence-electron chi connectivity index (χ4n) is 2.47. The van der Waals surface area contributed by atoms with Crippen molar-refractivity contribution in [1.82, 2.24) is 14.5 Å². The zero-order valence-corrected chi connectivity index (χ0v) is 15.4. The Labute approximate surface area is 154 Å². The molecule has 0 saturated heterocycles. The summed E-state index contributed by atoms with van der Waals surface area (Å²) in [5.74, 6) is -0.789. The van der Waals surface area contributed by atoms with Crippen molar-refractivity contribution in [2.45, 2.75) is 6.54 Å². The third-order valence-corrected chi connectivity index (χ3v) is 4.79. The molecule has 130 valence electrons. The summed E-state index contributed by atoms with van der Waals surface area (Å²) in [7, 11) is -3.69. The number of para-hydroxylation sites is 1. The summed E-state index contributed by atoms with van der Waals surface area (Å²) in [5.41, 5.74) is 1.34. The van der Waals surface area contributed by atoms with E-state index in [-0.39, 0.29) is 12.2 Å². The van der Waals surface area contributed by atoms with Crippen LogP contribution in [0, 0.1) is 0 Å². The Morgan fingerprint density at radius 1 is 1.12 bits per heavy atom. The second-order valence-electron chi connectivity index (χ2n) is 5.43. The van der Waals surface area contributed by atoms with Gasteiger partial charge < -0.3 is 0 Å². The van der Waals surface area contributed by atoms with Gasteiger partial charge in [-0.05, 0) is 18.2 Å². The Kier molecular flexibility index (Phi) is 4.73. The summed E-state index contributed by atoms with van der Waals surface area (Å²) in [6.45, 7) is 0.241. The first-order valence-corrected chi connectivity index (χ1v) is 9.81. The average molecular weight is 398 g/mol. The Morgan fingerprint density at radius 2 is 1.76 bits per heavy atom. The van der Waals surface area contributed by atoms with E-state index >= 15 is 0 Å². The van der Waals surface area contributed by atoms with Crippen LogP contribution in [0.1, 0.15) is 16.1 Å². The minimum atomic E-state index is -3.69. The van der Waals surface area contributed by atoms with Gasteiger partial charge in [-0.25, -0.2) is 13.1 Å². The van der Waals surface area contributed by atoms with Crippen LogP contribution in [-0.2, 0) is 16.6 Å². The summed E-state index contributed by atoms with van der Waals surface area (Å²) in [6.07, 6.45) is 0.910. The highest BCUT2D eigenvalue weighted by Gasteiger charge is 2.20. The highest BCUT2D eigenvalue weighted by Crippen LogP contribution is 2.27. The normalized spacial score (nSPS) is 11.6. The van der Waals surface area contributed by atoms with Gasteiger partial charge in [0.1, 0.15) is 0 Å². The molecular weight excluding hydrogens is 385 g/mol. The summed E-state index contributed by atoms with van der Waals surface area (Å²) in [6, 6.07) is 12.2. The van der Waals surface area contributed by atoms with Crippen LogP contribution in [0.25, 0.3) is 10.9 Å². The van der Waals surface area contributed by atoms with Gasteiger partial charge in [0.25, 0.3) is 5.91 Å². The van der Waals surface area contributed by atoms with E-state index in [4.69, 9.17) is 23.2 Å². The Morgan fingerprint density at radius 3 is 2.40 bits per heavy atom. The Balaban J connectivity index is 2.10. The standard InChI is InChI=1S/C16H13Cl2N3O3S/c1-25(23,24)20-16(22)15-10-5-2-3-8-14(10)21(19-15)9-11-12(17)6-4-7-13(11)18/h2-8H,9H2,1H3,(H,20,22). The lowest BCUT2D eigenvalue weighted by Gasteiger charge is -2.08. The van der Waals surface area contributed by atoms with E-state index in [1.807, 2.05) is 4.72 Å². The Hall–Kier alpha value is -2.09. The molecule has 1 aromatic heterocycles. The molecule has 3 rings (SSSR count). The number of aromatic nitrogens is 2. The number of carbonyl (C=O) groups is 1. The third-order valence-electron chi connectivity index (χ3n) is 3.52. The number of nitrogens with one attached hydrogen (secondary N) is 1. The molecule has 6 nitrogen and oxygen atoms in total. The van der Waals surface area contributed by atoms with E-state index in [1.165, 1.54) is 0 Å². The van der Waals surface area contributed by atoms with Crippen LogP contribution < -0.4 is 4.72 Å². The first-order valence-electron chi connectivity index (χ1n) is 7.17. The molecule has 1 heterocycles. The van der Waals surface area contributed by atoms with E-state index in [0.717, 1.165) is 6.26 Å². The molecule has 25 heavy (non-hydrogen) atoms. The molecule has 0 aliphatic heterocycles. The number of benzene rings is 2. The number of sulfonamides is 1. The maximum absolute atomic E-state index is 12.3. The molecule has 0 bridgehead atoms. The molecule has 0 aliphatic rings. The van der Waals surface area contributed by atoms with Crippen molar-refractivity contribution in [2.24, 2.45) is 0 Å². The fraction of sp³-hybridized carbons (Fsp3) is 0.125. The fourth-order valence-corrected chi connectivity index (χ4v) is 3.42. The molecule has 0 aliphatic carbocycles. The first kappa shape index (κ1) is 17.7. The van der Waals surface area contributed by atoms with Crippen molar-refractivity contribution in [3.05, 3.63) is 63.8 Å². The van der Waals surface area contributed by atoms with Gasteiger partial charge in [0.2, 0.25) is 10.0 Å². The van der Waals surface area contributed by atoms with E-state index in [0.29, 0.717) is 26.5 Å². The van der Waals surface area contributed by atoms with Crippen molar-refractivity contribution < 1.29 is 13.2 Å². The number of hydrogen-bond donors (Lipinski definition) is 1. The maximum Gasteiger partial charge on any atom is 0.285 e. The maximum atomic E-state index is 12.3. The minimum Gasteiger partial charge on any atom is -0.266 e. The second kappa shape index (κ2) is 6.67. The molecule has 0 spiro atoms. The smallest absolute Gasteiger partial charge is 0.266 e. The average Bonchev–Trinajstić information content (AvgIpc) is 2.88. The van der Waals surface area contributed by atoms with Crippen molar-refractivity contribution in [2.75, 3.05) is 6.26 Å². The van der Waals surface area contributed by atoms with Crippen molar-refractivity contribution in [3.63, 3.8) is 0 Å². The monoisotopic (exact) mass is 397 g/mol. The largest absolute Gasteiger partial charge is 0.285 e. The number of rotatable bonds is 4. The lowest BCUT2D eigenvalue weighted by molar-refractivity contribution is 0.0977. The molecule has 0 atom stereocenters. The molecule has 3 aromatic rings. The van der Waals surface area contributed by atoms with Crippen LogP contribution in [-0.4, -0.2) is 30.4 Å². The lowest BCUT2D eigenvalue weighted by Crippen LogP contribution is -2.29. The number of fused-ring (bicyclic) bond motifs is 1. The second-order valence-corrected chi connectivity index (χ2v) is 7.99. The van der Waals surface area contributed by atoms with E-state index in [9.17, 15) is 13.2 Å². The van der Waals surface area contributed by atoms with Gasteiger partial charge >= 0.3 is 0 Å². The number of nitrogens with zero attached hydrogens (tertiary/aromatic N) is 2. The molecule has 2 aromatic carbocycles. The van der Waals surface area contributed by atoms with Gasteiger partial charge in [-0.1, -0.05) is 47.5 Å². The summed E-state index contributed by atoms with van der Waals surface area (Å²) >= 11 is 12.4. The molecule has 0 fully saturated rings. The van der Waals surface area contributed by atoms with E-state index in [1.54, 1.807) is 47.1 Å². The van der Waals surface area contributed by atoms with Gasteiger partial charge in [0.05, 0.1) is 18.3 Å². The molecule has 0 radical (unpaired) electrons. The first-order chi connectivity index (χ1) is 11.8. The van der Waals surface area contributed by atoms with Crippen molar-refractivity contribution >= 4 is 50.0 Å². The summed E-state index contributed by atoms with van der Waals surface area (Å²) in [4.78, 5) is 12.3. The topological polar surface area (TPSA) is 81.1 Å². The molecule has 0 unspecified atom stereocenters. The van der Waals surface area contributed by atoms with Gasteiger partial charge in [-0.15, -0.1) is 0 Å². The predicted molar refractivity (Wildman–Crippen MR) is 97.6 cm³/mol. The lowest BCUT2D eigenvalue weighted by atomic mass is 10.2. The molecular formula is C16H13Cl2N3O3S. The van der Waals surface area contributed by atoms with Gasteiger partial charge in [0, 0.05) is 21.0 Å². The SMILES string of the molecule is CS(=O)(=O)NC(=O)c1nn(Cc2c(Cl)cccc2Cl)c2ccccc12. The number of halogens is 2. The number of hydrogen-bond acceptors (Lipinski definition) is 4. The van der Waals surface area contributed by atoms with Crippen LogP contribution in [0.15, 0.2) is 42.5 Å². The van der Waals surface area contributed by atoms with Crippen molar-refractivity contribution in [3.8, 4) is 0 Å². The quantitative estimate of drug-likeness (QED) is 0.733. The predicted octanol–water partition coefficient (Wildman–Crippen LogP) is 3.08. The summed E-state index contributed by atoms with van der Waals surface area (Å²) < 4.78 is 26.2. The Bertz CT molecular complexity index is 1060. The van der Waals surface area contributed by atoms with Crippen LogP contribution in [0.4, 0.5) is 0 Å². The van der Waals surface area contributed by atoms with Crippen LogP contribution >= 0.6 is 23.2 Å². The zero-order chi connectivity index (χ0) is 18.2. The van der Waals surface area contributed by atoms with Gasteiger partial charge in [-0.2, -0.15) is 5.10 Å². The van der Waals surface area contributed by atoms with Crippen LogP contribution in [0.2, 0.25) is 10.0 Å². The van der Waals surface area contributed by atoms with E-state index < -0.39 is 15.9 Å². The van der Waals surface area contributed by atoms with Crippen LogP contribution in [0.5, 0.6) is 0 Å². The van der Waals surface area contributed by atoms with Gasteiger partial charge in [-0.3, -0.25) is 9.48 Å². The highest BCUT2D eigenvalue weighted by molar-refractivity contribution is 7.89. The molecule has 1 amide bonds. The molecule has 1 N–H and O–H groups in total. The third kappa shape index (κ3) is 3.78. The highest BCUT2D eigenvalue weighted by atomic mass is 35.5. The van der Waals surface area contributed by atoms with Gasteiger partial charge in [0.15, 0.2) is 5.69 Å². The zero-order valence-electron chi connectivity index (χ0n) is 13.0. The van der Waals surface area contributed by atoms with Crippen molar-refractivity contribution in [1.29, 1.82) is 0 Å². The number of amides is 1. The summed E-state index contributed by atoms with van der Waals surface area (Å²) in [5, 5.41) is 5.77.